The molecule has 1 aliphatic rings. The zero-order valence-electron chi connectivity index (χ0n) is 16.2. The predicted octanol–water partition coefficient (Wildman–Crippen LogP) is 2.90. The summed E-state index contributed by atoms with van der Waals surface area (Å²) < 4.78 is 11.0. The van der Waals surface area contributed by atoms with Gasteiger partial charge in [0, 0.05) is 47.0 Å². The Morgan fingerprint density at radius 1 is 1.24 bits per heavy atom. The van der Waals surface area contributed by atoms with Gasteiger partial charge in [-0.1, -0.05) is 23.8 Å². The molecule has 0 atom stereocenters. The molecule has 5 nitrogen and oxygen atoms in total. The molecule has 1 saturated heterocycles. The van der Waals surface area contributed by atoms with Gasteiger partial charge < -0.3 is 19.7 Å². The van der Waals surface area contributed by atoms with E-state index in [9.17, 15) is 0 Å². The van der Waals surface area contributed by atoms with Crippen LogP contribution < -0.4 is 5.32 Å². The number of aryl methyl sites for hydroxylation is 2. The summed E-state index contributed by atoms with van der Waals surface area (Å²) >= 11 is 0. The molecule has 0 unspecified atom stereocenters. The second kappa shape index (κ2) is 10.4. The second-order valence-corrected chi connectivity index (χ2v) is 6.73. The molecule has 0 saturated carbocycles. The highest BCUT2D eigenvalue weighted by Gasteiger charge is 2.21. The number of hydrogen-bond donors (Lipinski definition) is 1. The second-order valence-electron chi connectivity index (χ2n) is 6.73. The Morgan fingerprint density at radius 3 is 2.64 bits per heavy atom. The molecule has 1 N–H and O–H groups in total. The molecule has 1 aliphatic heterocycles. The monoisotopic (exact) mass is 347 g/mol. The van der Waals surface area contributed by atoms with Crippen LogP contribution in [-0.2, 0) is 16.0 Å². The third kappa shape index (κ3) is 6.33. The normalized spacial score (nSPS) is 16.3. The molecule has 0 radical (unpaired) electrons. The van der Waals surface area contributed by atoms with Gasteiger partial charge in [-0.25, -0.2) is 0 Å². The summed E-state index contributed by atoms with van der Waals surface area (Å²) in [5, 5.41) is 3.51. The van der Waals surface area contributed by atoms with E-state index in [1.54, 1.807) is 7.11 Å². The van der Waals surface area contributed by atoms with E-state index in [1.807, 2.05) is 7.05 Å². The van der Waals surface area contributed by atoms with Gasteiger partial charge in [0.2, 0.25) is 0 Å². The highest BCUT2D eigenvalue weighted by molar-refractivity contribution is 5.80. The standard InChI is InChI=1S/C20H33N3O2/c1-16-6-7-18(17(2)14-16)15-22-20(21-3)23-10-8-19(9-11-23)25-13-5-12-24-4/h6-7,14,19H,5,8-13,15H2,1-4H3,(H,21,22). The molecule has 1 aromatic carbocycles. The van der Waals surface area contributed by atoms with Crippen molar-refractivity contribution in [2.24, 2.45) is 4.99 Å². The van der Waals surface area contributed by atoms with E-state index in [4.69, 9.17) is 9.47 Å². The maximum Gasteiger partial charge on any atom is 0.193 e. The van der Waals surface area contributed by atoms with Gasteiger partial charge in [0.1, 0.15) is 0 Å². The summed E-state index contributed by atoms with van der Waals surface area (Å²) in [6, 6.07) is 6.59. The van der Waals surface area contributed by atoms with Crippen LogP contribution in [0.4, 0.5) is 0 Å². The van der Waals surface area contributed by atoms with Gasteiger partial charge in [0.25, 0.3) is 0 Å². The van der Waals surface area contributed by atoms with Gasteiger partial charge >= 0.3 is 0 Å². The van der Waals surface area contributed by atoms with E-state index in [2.05, 4.69) is 47.3 Å². The number of likely N-dealkylation sites (tertiary alicyclic amines) is 1. The molecule has 0 aromatic heterocycles. The van der Waals surface area contributed by atoms with Crippen molar-refractivity contribution in [3.05, 3.63) is 34.9 Å². The highest BCUT2D eigenvalue weighted by atomic mass is 16.5. The van der Waals surface area contributed by atoms with Gasteiger partial charge in [-0.3, -0.25) is 4.99 Å². The zero-order valence-corrected chi connectivity index (χ0v) is 16.2. The summed E-state index contributed by atoms with van der Waals surface area (Å²) in [5.41, 5.74) is 3.95. The van der Waals surface area contributed by atoms with Crippen molar-refractivity contribution in [2.75, 3.05) is 40.5 Å². The minimum absolute atomic E-state index is 0.366. The lowest BCUT2D eigenvalue weighted by Crippen LogP contribution is -2.46. The lowest BCUT2D eigenvalue weighted by atomic mass is 10.1. The Kier molecular flexibility index (Phi) is 8.22. The topological polar surface area (TPSA) is 46.1 Å². The first-order valence-electron chi connectivity index (χ1n) is 9.26. The van der Waals surface area contributed by atoms with Gasteiger partial charge in [0.05, 0.1) is 6.10 Å². The van der Waals surface area contributed by atoms with Crippen LogP contribution in [0.25, 0.3) is 0 Å². The third-order valence-electron chi connectivity index (χ3n) is 4.73. The zero-order chi connectivity index (χ0) is 18.1. The van der Waals surface area contributed by atoms with Gasteiger partial charge in [0.15, 0.2) is 5.96 Å². The number of nitrogens with zero attached hydrogens (tertiary/aromatic N) is 2. The molecular weight excluding hydrogens is 314 g/mol. The number of guanidine groups is 1. The Labute approximate surface area is 152 Å². The molecule has 140 valence electrons. The van der Waals surface area contributed by atoms with Gasteiger partial charge in [-0.15, -0.1) is 0 Å². The van der Waals surface area contributed by atoms with Crippen molar-refractivity contribution in [2.45, 2.75) is 45.8 Å². The van der Waals surface area contributed by atoms with E-state index in [0.29, 0.717) is 6.10 Å². The number of nitrogens with one attached hydrogen (secondary N) is 1. The Morgan fingerprint density at radius 2 is 2.00 bits per heavy atom. The molecule has 0 spiro atoms. The number of methoxy groups -OCH3 is 1. The lowest BCUT2D eigenvalue weighted by Gasteiger charge is -2.34. The number of hydrogen-bond acceptors (Lipinski definition) is 3. The van der Waals surface area contributed by atoms with Crippen molar-refractivity contribution < 1.29 is 9.47 Å². The van der Waals surface area contributed by atoms with Crippen LogP contribution >= 0.6 is 0 Å². The van der Waals surface area contributed by atoms with Crippen molar-refractivity contribution in [1.29, 1.82) is 0 Å². The smallest absolute Gasteiger partial charge is 0.193 e. The molecule has 5 heteroatoms. The number of benzene rings is 1. The average molecular weight is 348 g/mol. The Hall–Kier alpha value is -1.59. The van der Waals surface area contributed by atoms with E-state index in [0.717, 1.165) is 58.1 Å². The van der Waals surface area contributed by atoms with Crippen LogP contribution in [0.5, 0.6) is 0 Å². The van der Waals surface area contributed by atoms with Crippen molar-refractivity contribution in [3.8, 4) is 0 Å². The molecule has 1 fully saturated rings. The fraction of sp³-hybridized carbons (Fsp3) is 0.650. The van der Waals surface area contributed by atoms with E-state index >= 15 is 0 Å². The molecule has 0 aliphatic carbocycles. The first-order valence-corrected chi connectivity index (χ1v) is 9.26. The largest absolute Gasteiger partial charge is 0.385 e. The maximum absolute atomic E-state index is 5.94. The van der Waals surface area contributed by atoms with Crippen molar-refractivity contribution in [1.82, 2.24) is 10.2 Å². The number of ether oxygens (including phenoxy) is 2. The minimum atomic E-state index is 0.366. The number of aliphatic imine (C=N–C) groups is 1. The molecular formula is C20H33N3O2. The average Bonchev–Trinajstić information content (AvgIpc) is 2.62. The van der Waals surface area contributed by atoms with Gasteiger partial charge in [-0.2, -0.15) is 0 Å². The van der Waals surface area contributed by atoms with Crippen LogP contribution in [-0.4, -0.2) is 57.4 Å². The van der Waals surface area contributed by atoms with E-state index in [-0.39, 0.29) is 0 Å². The maximum atomic E-state index is 5.94. The predicted molar refractivity (Wildman–Crippen MR) is 103 cm³/mol. The summed E-state index contributed by atoms with van der Waals surface area (Å²) in [6.45, 7) is 8.64. The lowest BCUT2D eigenvalue weighted by molar-refractivity contribution is 0.00990. The molecule has 2 rings (SSSR count). The third-order valence-corrected chi connectivity index (χ3v) is 4.73. The van der Waals surface area contributed by atoms with Crippen molar-refractivity contribution >= 4 is 5.96 Å². The van der Waals surface area contributed by atoms with Crippen LogP contribution in [0.1, 0.15) is 36.0 Å². The molecule has 0 amide bonds. The molecule has 25 heavy (non-hydrogen) atoms. The first-order chi connectivity index (χ1) is 12.1. The molecule has 1 heterocycles. The minimum Gasteiger partial charge on any atom is -0.385 e. The van der Waals surface area contributed by atoms with E-state index < -0.39 is 0 Å². The number of rotatable bonds is 7. The SMILES string of the molecule is CN=C(NCc1ccc(C)cc1C)N1CCC(OCCCOC)CC1. The van der Waals surface area contributed by atoms with Crippen LogP contribution in [0.15, 0.2) is 23.2 Å². The quantitative estimate of drug-likeness (QED) is 0.468. The van der Waals surface area contributed by atoms with Gasteiger partial charge in [-0.05, 0) is 44.2 Å². The Balaban J connectivity index is 1.76. The van der Waals surface area contributed by atoms with Crippen LogP contribution in [0.3, 0.4) is 0 Å². The highest BCUT2D eigenvalue weighted by Crippen LogP contribution is 2.15. The Bertz CT molecular complexity index is 552. The van der Waals surface area contributed by atoms with Crippen LogP contribution in [0.2, 0.25) is 0 Å². The molecule has 0 bridgehead atoms. The first kappa shape index (κ1) is 19.7. The fourth-order valence-corrected chi connectivity index (χ4v) is 3.24. The fourth-order valence-electron chi connectivity index (χ4n) is 3.24. The summed E-state index contributed by atoms with van der Waals surface area (Å²) in [6.07, 6.45) is 3.44. The molecule has 1 aromatic rings. The summed E-state index contributed by atoms with van der Waals surface area (Å²) in [7, 11) is 3.59. The summed E-state index contributed by atoms with van der Waals surface area (Å²) in [4.78, 5) is 6.79. The van der Waals surface area contributed by atoms with Crippen LogP contribution in [0, 0.1) is 13.8 Å². The van der Waals surface area contributed by atoms with Crippen molar-refractivity contribution in [3.63, 3.8) is 0 Å². The summed E-state index contributed by atoms with van der Waals surface area (Å²) in [5.74, 6) is 0.984. The number of piperidine rings is 1. The van der Waals surface area contributed by atoms with E-state index in [1.165, 1.54) is 16.7 Å².